The summed E-state index contributed by atoms with van der Waals surface area (Å²) in [5.74, 6) is 0.795. The van der Waals surface area contributed by atoms with Crippen molar-refractivity contribution in [3.05, 3.63) is 21.9 Å². The van der Waals surface area contributed by atoms with Crippen molar-refractivity contribution >= 4 is 53.1 Å². The molecule has 0 unspecified atom stereocenters. The van der Waals surface area contributed by atoms with Gasteiger partial charge >= 0.3 is 0 Å². The summed E-state index contributed by atoms with van der Waals surface area (Å²) in [5, 5.41) is 7.43. The molecule has 0 aromatic carbocycles. The summed E-state index contributed by atoms with van der Waals surface area (Å²) in [4.78, 5) is 4.45. The minimum atomic E-state index is 0. The second kappa shape index (κ2) is 8.87. The molecule has 1 heterocycles. The van der Waals surface area contributed by atoms with Crippen LogP contribution >= 0.6 is 47.2 Å². The van der Waals surface area contributed by atoms with Crippen LogP contribution in [0.4, 0.5) is 0 Å². The summed E-state index contributed by atoms with van der Waals surface area (Å²) >= 11 is 11.9. The predicted octanol–water partition coefficient (Wildman–Crippen LogP) is 3.02. The van der Waals surface area contributed by atoms with Gasteiger partial charge in [-0.05, 0) is 19.9 Å². The maximum Gasteiger partial charge on any atom is 0.191 e. The summed E-state index contributed by atoms with van der Waals surface area (Å²) < 4.78 is 1.84. The molecule has 0 spiro atoms. The highest BCUT2D eigenvalue weighted by Gasteiger charge is 2.08. The Bertz CT molecular complexity index is 396. The number of halogens is 3. The van der Waals surface area contributed by atoms with Crippen LogP contribution in [-0.2, 0) is 13.6 Å². The monoisotopic (exact) mass is 404 g/mol. The fraction of sp³-hybridized carbons (Fsp3) is 0.545. The van der Waals surface area contributed by atoms with Gasteiger partial charge in [0.1, 0.15) is 5.15 Å². The second-order valence-corrected chi connectivity index (χ2v) is 4.32. The van der Waals surface area contributed by atoms with Gasteiger partial charge in [-0.3, -0.25) is 0 Å². The van der Waals surface area contributed by atoms with Crippen LogP contribution in [0.3, 0.4) is 0 Å². The smallest absolute Gasteiger partial charge is 0.191 e. The molecule has 0 aliphatic rings. The molecule has 0 fully saturated rings. The van der Waals surface area contributed by atoms with Gasteiger partial charge in [0.15, 0.2) is 5.96 Å². The average Bonchev–Trinajstić information content (AvgIpc) is 2.54. The van der Waals surface area contributed by atoms with Crippen LogP contribution in [0.25, 0.3) is 0 Å². The van der Waals surface area contributed by atoms with Crippen LogP contribution < -0.4 is 10.6 Å². The molecule has 2 N–H and O–H groups in total. The molecule has 1 aromatic rings. The molecule has 1 aromatic heterocycles. The SMILES string of the molecule is CCNC(=NCc1cc(Cl)c(Cl)n1C)NCC.I. The minimum Gasteiger partial charge on any atom is -0.357 e. The van der Waals surface area contributed by atoms with Gasteiger partial charge in [0.25, 0.3) is 0 Å². The highest BCUT2D eigenvalue weighted by atomic mass is 127. The van der Waals surface area contributed by atoms with Gasteiger partial charge in [0.2, 0.25) is 0 Å². The normalized spacial score (nSPS) is 9.61. The number of rotatable bonds is 4. The Morgan fingerprint density at radius 3 is 2.22 bits per heavy atom. The van der Waals surface area contributed by atoms with Crippen molar-refractivity contribution in [1.82, 2.24) is 15.2 Å². The fourth-order valence-corrected chi connectivity index (χ4v) is 1.83. The van der Waals surface area contributed by atoms with Crippen molar-refractivity contribution in [2.24, 2.45) is 12.0 Å². The van der Waals surface area contributed by atoms with Crippen molar-refractivity contribution < 1.29 is 0 Å². The molecule has 0 atom stereocenters. The minimum absolute atomic E-state index is 0. The summed E-state index contributed by atoms with van der Waals surface area (Å²) in [6.45, 7) is 6.27. The molecular weight excluding hydrogens is 386 g/mol. The van der Waals surface area contributed by atoms with E-state index in [4.69, 9.17) is 23.2 Å². The third kappa shape index (κ3) is 4.85. The zero-order valence-corrected chi connectivity index (χ0v) is 14.6. The van der Waals surface area contributed by atoms with Crippen LogP contribution in [0.2, 0.25) is 10.2 Å². The topological polar surface area (TPSA) is 41.4 Å². The van der Waals surface area contributed by atoms with Crippen LogP contribution in [0.15, 0.2) is 11.1 Å². The number of hydrogen-bond acceptors (Lipinski definition) is 1. The Hall–Kier alpha value is -0.140. The Morgan fingerprint density at radius 1 is 1.28 bits per heavy atom. The van der Waals surface area contributed by atoms with Crippen LogP contribution in [0, 0.1) is 0 Å². The first kappa shape index (κ1) is 17.9. The third-order valence-electron chi connectivity index (χ3n) is 2.30. The molecule has 0 amide bonds. The van der Waals surface area contributed by atoms with Gasteiger partial charge in [0, 0.05) is 25.8 Å². The lowest BCUT2D eigenvalue weighted by Crippen LogP contribution is -2.37. The Labute approximate surface area is 135 Å². The van der Waals surface area contributed by atoms with Crippen molar-refractivity contribution in [1.29, 1.82) is 0 Å². The lowest BCUT2D eigenvalue weighted by Gasteiger charge is -2.09. The molecule has 0 saturated carbocycles. The quantitative estimate of drug-likeness (QED) is 0.460. The Kier molecular flexibility index (Phi) is 8.81. The van der Waals surface area contributed by atoms with Crippen molar-refractivity contribution in [3.8, 4) is 0 Å². The maximum absolute atomic E-state index is 5.99. The molecule has 0 radical (unpaired) electrons. The zero-order chi connectivity index (χ0) is 12.8. The van der Waals surface area contributed by atoms with E-state index in [9.17, 15) is 0 Å². The van der Waals surface area contributed by atoms with Crippen LogP contribution in [0.5, 0.6) is 0 Å². The van der Waals surface area contributed by atoms with E-state index < -0.39 is 0 Å². The average molecular weight is 405 g/mol. The lowest BCUT2D eigenvalue weighted by atomic mass is 10.4. The first-order valence-corrected chi connectivity index (χ1v) is 6.37. The fourth-order valence-electron chi connectivity index (χ4n) is 1.41. The van der Waals surface area contributed by atoms with Crippen molar-refractivity contribution in [2.75, 3.05) is 13.1 Å². The number of nitrogens with zero attached hydrogens (tertiary/aromatic N) is 2. The van der Waals surface area contributed by atoms with Crippen molar-refractivity contribution in [2.45, 2.75) is 20.4 Å². The van der Waals surface area contributed by atoms with E-state index in [1.54, 1.807) is 0 Å². The highest BCUT2D eigenvalue weighted by molar-refractivity contribution is 14.0. The van der Waals surface area contributed by atoms with Gasteiger partial charge in [-0.1, -0.05) is 23.2 Å². The summed E-state index contributed by atoms with van der Waals surface area (Å²) in [7, 11) is 1.87. The largest absolute Gasteiger partial charge is 0.357 e. The number of hydrogen-bond donors (Lipinski definition) is 2. The van der Waals surface area contributed by atoms with Crippen LogP contribution in [0.1, 0.15) is 19.5 Å². The number of nitrogens with one attached hydrogen (secondary N) is 2. The van der Waals surface area contributed by atoms with E-state index in [0.29, 0.717) is 16.7 Å². The second-order valence-electron chi connectivity index (χ2n) is 3.56. The Balaban J connectivity index is 0.00000289. The molecule has 0 aliphatic heterocycles. The van der Waals surface area contributed by atoms with Gasteiger partial charge in [-0.25, -0.2) is 4.99 Å². The van der Waals surface area contributed by atoms with E-state index in [1.165, 1.54) is 0 Å². The third-order valence-corrected chi connectivity index (χ3v) is 3.15. The lowest BCUT2D eigenvalue weighted by molar-refractivity contribution is 0.797. The standard InChI is InChI=1S/C11H18Cl2N4.HI/c1-4-14-11(15-5-2)16-7-8-6-9(12)10(13)17(8)3;/h6H,4-5,7H2,1-3H3,(H2,14,15,16);1H. The highest BCUT2D eigenvalue weighted by Crippen LogP contribution is 2.25. The van der Waals surface area contributed by atoms with Gasteiger partial charge in [0.05, 0.1) is 11.6 Å². The van der Waals surface area contributed by atoms with E-state index in [-0.39, 0.29) is 24.0 Å². The van der Waals surface area contributed by atoms with E-state index in [1.807, 2.05) is 31.5 Å². The van der Waals surface area contributed by atoms with E-state index in [2.05, 4.69) is 15.6 Å². The molecule has 4 nitrogen and oxygen atoms in total. The molecule has 1 rings (SSSR count). The first-order chi connectivity index (χ1) is 8.10. The molecule has 104 valence electrons. The summed E-state index contributed by atoms with van der Waals surface area (Å²) in [6.07, 6.45) is 0. The summed E-state index contributed by atoms with van der Waals surface area (Å²) in [6, 6.07) is 1.84. The molecule has 0 saturated heterocycles. The number of guanidine groups is 1. The zero-order valence-electron chi connectivity index (χ0n) is 10.8. The predicted molar refractivity (Wildman–Crippen MR) is 89.3 cm³/mol. The molecular formula is C11H19Cl2IN4. The molecule has 0 bridgehead atoms. The van der Waals surface area contributed by atoms with Gasteiger partial charge in [-0.15, -0.1) is 24.0 Å². The first-order valence-electron chi connectivity index (χ1n) is 5.61. The molecule has 7 heteroatoms. The molecule has 0 aliphatic carbocycles. The molecule has 18 heavy (non-hydrogen) atoms. The number of aliphatic imine (C=N–C) groups is 1. The van der Waals surface area contributed by atoms with Gasteiger partial charge in [-0.2, -0.15) is 0 Å². The van der Waals surface area contributed by atoms with Gasteiger partial charge < -0.3 is 15.2 Å². The van der Waals surface area contributed by atoms with Crippen molar-refractivity contribution in [3.63, 3.8) is 0 Å². The number of aromatic nitrogens is 1. The summed E-state index contributed by atoms with van der Waals surface area (Å²) in [5.41, 5.74) is 0.980. The van der Waals surface area contributed by atoms with E-state index >= 15 is 0 Å². The van der Waals surface area contributed by atoms with E-state index in [0.717, 1.165) is 24.7 Å². The Morgan fingerprint density at radius 2 is 1.83 bits per heavy atom. The maximum atomic E-state index is 5.99. The van der Waals surface area contributed by atoms with Crippen LogP contribution in [-0.4, -0.2) is 23.6 Å².